The largest absolute Gasteiger partial charge is 0.462 e. The number of halogens is 2. The van der Waals surface area contributed by atoms with Crippen molar-refractivity contribution in [3.05, 3.63) is 59.3 Å². The second-order valence-electron chi connectivity index (χ2n) is 10.4. The van der Waals surface area contributed by atoms with Gasteiger partial charge in [-0.1, -0.05) is 12.6 Å². The van der Waals surface area contributed by atoms with Crippen molar-refractivity contribution in [1.29, 1.82) is 5.26 Å². The van der Waals surface area contributed by atoms with Crippen molar-refractivity contribution in [2.45, 2.75) is 51.0 Å². The minimum atomic E-state index is -0.579. The van der Waals surface area contributed by atoms with Gasteiger partial charge in [0.25, 0.3) is 0 Å². The first kappa shape index (κ1) is 27.0. The predicted octanol–water partition coefficient (Wildman–Crippen LogP) is 2.86. The third-order valence-electron chi connectivity index (χ3n) is 7.89. The number of likely N-dealkylation sites (tertiary alicyclic amines) is 1. The van der Waals surface area contributed by atoms with Crippen LogP contribution >= 0.6 is 0 Å². The molecular formula is C28H33F2N7O2. The van der Waals surface area contributed by atoms with Gasteiger partial charge in [0.2, 0.25) is 5.91 Å². The maximum atomic E-state index is 14.4. The van der Waals surface area contributed by atoms with Gasteiger partial charge >= 0.3 is 6.01 Å². The fourth-order valence-corrected chi connectivity index (χ4v) is 5.72. The Labute approximate surface area is 227 Å². The van der Waals surface area contributed by atoms with Crippen molar-refractivity contribution >= 4 is 11.7 Å². The number of nitrogens with zero attached hydrogens (tertiary/aromatic N) is 7. The number of likely N-dealkylation sites (N-methyl/N-ethyl adjacent to an activating group) is 1. The van der Waals surface area contributed by atoms with Gasteiger partial charge in [-0.2, -0.15) is 15.2 Å². The van der Waals surface area contributed by atoms with E-state index in [1.165, 1.54) is 24.3 Å². The van der Waals surface area contributed by atoms with Crippen molar-refractivity contribution in [1.82, 2.24) is 24.7 Å². The van der Waals surface area contributed by atoms with E-state index >= 15 is 0 Å². The zero-order valence-corrected chi connectivity index (χ0v) is 22.2. The van der Waals surface area contributed by atoms with E-state index in [0.717, 1.165) is 30.6 Å². The summed E-state index contributed by atoms with van der Waals surface area (Å²) in [6, 6.07) is 6.31. The van der Waals surface area contributed by atoms with Crippen LogP contribution in [0.3, 0.4) is 0 Å². The van der Waals surface area contributed by atoms with Crippen molar-refractivity contribution in [3.8, 4) is 12.1 Å². The Morgan fingerprint density at radius 2 is 2.00 bits per heavy atom. The molecule has 9 nitrogen and oxygen atoms in total. The van der Waals surface area contributed by atoms with Crippen LogP contribution in [0.4, 0.5) is 14.6 Å². The molecule has 2 saturated heterocycles. The smallest absolute Gasteiger partial charge is 0.318 e. The number of fused-ring (bicyclic) bond motifs is 1. The average Bonchev–Trinajstić information content (AvgIpc) is 3.54. The summed E-state index contributed by atoms with van der Waals surface area (Å²) in [5.74, 6) is -0.681. The number of carbonyl (C=O) groups excluding carboxylic acids is 1. The van der Waals surface area contributed by atoms with Crippen LogP contribution in [0.5, 0.6) is 6.01 Å². The molecule has 2 atom stereocenters. The number of aromatic nitrogens is 2. The van der Waals surface area contributed by atoms with E-state index in [2.05, 4.69) is 29.5 Å². The monoisotopic (exact) mass is 537 g/mol. The van der Waals surface area contributed by atoms with Gasteiger partial charge in [0.05, 0.1) is 24.2 Å². The number of hydrogen-bond donors (Lipinski definition) is 0. The lowest BCUT2D eigenvalue weighted by Crippen LogP contribution is -2.55. The Morgan fingerprint density at radius 3 is 2.69 bits per heavy atom. The van der Waals surface area contributed by atoms with Crippen molar-refractivity contribution < 1.29 is 18.3 Å². The highest BCUT2D eigenvalue weighted by Crippen LogP contribution is 2.34. The summed E-state index contributed by atoms with van der Waals surface area (Å²) in [5, 5.41) is 9.41. The molecule has 4 heterocycles. The summed E-state index contributed by atoms with van der Waals surface area (Å²) in [6.45, 7) is 7.35. The van der Waals surface area contributed by atoms with Gasteiger partial charge in [-0.15, -0.1) is 0 Å². The molecule has 0 spiro atoms. The molecule has 1 amide bonds. The standard InChI is InChI=1S/C28H33F2N7O2/c1-3-26(38)37-13-12-36(14-19(37)9-10-31)27-22-16-35(15-21-23(29)7-4-8-24(21)30)17-25(22)32-28(33-27)39-18-20-6-5-11-34(20)2/h3-4,7-8,19-20H,1,5-6,9,11-18H2,2H3/t19-,20-/m0/s1. The quantitative estimate of drug-likeness (QED) is 0.475. The molecule has 39 heavy (non-hydrogen) atoms. The van der Waals surface area contributed by atoms with E-state index in [-0.39, 0.29) is 36.5 Å². The molecule has 2 fully saturated rings. The van der Waals surface area contributed by atoms with Gasteiger partial charge in [0.1, 0.15) is 24.1 Å². The number of amides is 1. The van der Waals surface area contributed by atoms with Gasteiger partial charge in [0, 0.05) is 56.4 Å². The van der Waals surface area contributed by atoms with Crippen molar-refractivity contribution in [2.75, 3.05) is 44.7 Å². The van der Waals surface area contributed by atoms with Crippen molar-refractivity contribution in [3.63, 3.8) is 0 Å². The molecule has 1 aromatic heterocycles. The molecule has 1 aromatic carbocycles. The summed E-state index contributed by atoms with van der Waals surface area (Å²) in [5.41, 5.74) is 1.65. The number of piperazine rings is 1. The van der Waals surface area contributed by atoms with Gasteiger partial charge in [-0.3, -0.25) is 9.69 Å². The molecule has 0 radical (unpaired) electrons. The highest BCUT2D eigenvalue weighted by Gasteiger charge is 2.34. The van der Waals surface area contributed by atoms with Crippen LogP contribution in [0.1, 0.15) is 36.1 Å². The lowest BCUT2D eigenvalue weighted by Gasteiger charge is -2.41. The van der Waals surface area contributed by atoms with Gasteiger partial charge in [0.15, 0.2) is 0 Å². The normalized spacial score (nSPS) is 21.6. The number of rotatable bonds is 8. The van der Waals surface area contributed by atoms with E-state index in [0.29, 0.717) is 51.2 Å². The molecule has 3 aliphatic heterocycles. The average molecular weight is 538 g/mol. The van der Waals surface area contributed by atoms with Gasteiger partial charge < -0.3 is 19.4 Å². The van der Waals surface area contributed by atoms with Crippen molar-refractivity contribution in [2.24, 2.45) is 0 Å². The lowest BCUT2D eigenvalue weighted by atomic mass is 10.1. The predicted molar refractivity (Wildman–Crippen MR) is 141 cm³/mol. The molecule has 11 heteroatoms. The first-order valence-electron chi connectivity index (χ1n) is 13.3. The summed E-state index contributed by atoms with van der Waals surface area (Å²) < 4.78 is 34.9. The minimum Gasteiger partial charge on any atom is -0.462 e. The van der Waals surface area contributed by atoms with E-state index in [4.69, 9.17) is 14.7 Å². The molecule has 0 unspecified atom stereocenters. The highest BCUT2D eigenvalue weighted by molar-refractivity contribution is 5.87. The summed E-state index contributed by atoms with van der Waals surface area (Å²) in [7, 11) is 2.08. The molecule has 0 N–H and O–H groups in total. The first-order valence-corrected chi connectivity index (χ1v) is 13.3. The fourth-order valence-electron chi connectivity index (χ4n) is 5.72. The Kier molecular flexibility index (Phi) is 8.04. The Morgan fingerprint density at radius 1 is 1.21 bits per heavy atom. The van der Waals surface area contributed by atoms with Gasteiger partial charge in [-0.05, 0) is 44.6 Å². The molecular weight excluding hydrogens is 504 g/mol. The van der Waals surface area contributed by atoms with E-state index in [1.54, 1.807) is 4.90 Å². The minimum absolute atomic E-state index is 0.0196. The topological polar surface area (TPSA) is 88.8 Å². The van der Waals surface area contributed by atoms with Crippen LogP contribution in [-0.4, -0.2) is 82.5 Å². The highest BCUT2D eigenvalue weighted by atomic mass is 19.1. The first-order chi connectivity index (χ1) is 18.9. The fraction of sp³-hybridized carbons (Fsp3) is 0.500. The Bertz CT molecular complexity index is 1260. The van der Waals surface area contributed by atoms with Crippen LogP contribution in [0.25, 0.3) is 0 Å². The summed E-state index contributed by atoms with van der Waals surface area (Å²) in [4.78, 5) is 29.9. The zero-order chi connectivity index (χ0) is 27.5. The van der Waals surface area contributed by atoms with E-state index < -0.39 is 11.6 Å². The Balaban J connectivity index is 1.42. The number of ether oxygens (including phenoxy) is 1. The Hall–Kier alpha value is -3.62. The maximum Gasteiger partial charge on any atom is 0.318 e. The summed E-state index contributed by atoms with van der Waals surface area (Å²) in [6.07, 6.45) is 3.62. The molecule has 2 aromatic rings. The molecule has 5 rings (SSSR count). The molecule has 0 bridgehead atoms. The second kappa shape index (κ2) is 11.6. The number of carbonyl (C=O) groups is 1. The maximum absolute atomic E-state index is 14.4. The van der Waals surface area contributed by atoms with Crippen LogP contribution in [-0.2, 0) is 24.4 Å². The lowest BCUT2D eigenvalue weighted by molar-refractivity contribution is -0.128. The van der Waals surface area contributed by atoms with Crippen LogP contribution in [0.15, 0.2) is 30.9 Å². The number of benzene rings is 1. The number of anilines is 1. The second-order valence-corrected chi connectivity index (χ2v) is 10.4. The molecule has 206 valence electrons. The van der Waals surface area contributed by atoms with Crippen LogP contribution < -0.4 is 9.64 Å². The third-order valence-corrected chi connectivity index (χ3v) is 7.89. The third kappa shape index (κ3) is 5.72. The molecule has 0 saturated carbocycles. The molecule has 0 aliphatic carbocycles. The summed E-state index contributed by atoms with van der Waals surface area (Å²) >= 11 is 0. The van der Waals surface area contributed by atoms with Crippen LogP contribution in [0, 0.1) is 23.0 Å². The van der Waals surface area contributed by atoms with Gasteiger partial charge in [-0.25, -0.2) is 8.78 Å². The number of hydrogen-bond acceptors (Lipinski definition) is 8. The van der Waals surface area contributed by atoms with E-state index in [1.807, 2.05) is 4.90 Å². The number of nitriles is 1. The SMILES string of the molecule is C=CC(=O)N1CCN(c2nc(OC[C@@H]3CCCN3C)nc3c2CN(Cc2c(F)cccc2F)C3)C[C@@H]1CC#N. The van der Waals surface area contributed by atoms with E-state index in [9.17, 15) is 18.8 Å². The van der Waals surface area contributed by atoms with Crippen LogP contribution in [0.2, 0.25) is 0 Å². The molecule has 3 aliphatic rings. The zero-order valence-electron chi connectivity index (χ0n) is 22.2.